The minimum Gasteiger partial charge on any atom is -0.488 e. The van der Waals surface area contributed by atoms with Gasteiger partial charge in [0.1, 0.15) is 12.4 Å². The van der Waals surface area contributed by atoms with Crippen LogP contribution in [0.25, 0.3) is 16.8 Å². The predicted octanol–water partition coefficient (Wildman–Crippen LogP) is 7.28. The van der Waals surface area contributed by atoms with E-state index in [2.05, 4.69) is 6.07 Å². The number of halogens is 1. The summed E-state index contributed by atoms with van der Waals surface area (Å²) in [6, 6.07) is 27.2. The number of allylic oxidation sites excluding steroid dienone is 1. The fourth-order valence-corrected chi connectivity index (χ4v) is 3.41. The number of fused-ring (bicyclic) bond motifs is 1. The highest BCUT2D eigenvalue weighted by atomic mass is 35.5. The monoisotopic (exact) mass is 412 g/mol. The number of carbonyl (C=O) groups excluding carboxylic acids is 1. The maximum atomic E-state index is 12.6. The summed E-state index contributed by atoms with van der Waals surface area (Å²) in [6.07, 6.45) is 3.46. The van der Waals surface area contributed by atoms with Gasteiger partial charge in [0.05, 0.1) is 0 Å². The van der Waals surface area contributed by atoms with Crippen LogP contribution >= 0.6 is 11.6 Å². The van der Waals surface area contributed by atoms with E-state index in [9.17, 15) is 4.79 Å². The van der Waals surface area contributed by atoms with Crippen LogP contribution in [0.4, 0.5) is 0 Å². The minimum absolute atomic E-state index is 0.0356. The van der Waals surface area contributed by atoms with Crippen LogP contribution in [0.3, 0.4) is 0 Å². The lowest BCUT2D eigenvalue weighted by Gasteiger charge is -2.12. The molecule has 0 amide bonds. The minimum atomic E-state index is -0.0356. The number of hydrogen-bond acceptors (Lipinski definition) is 2. The van der Waals surface area contributed by atoms with Gasteiger partial charge in [0.2, 0.25) is 0 Å². The van der Waals surface area contributed by atoms with Gasteiger partial charge in [-0.05, 0) is 53.6 Å². The third-order valence-electron chi connectivity index (χ3n) is 4.98. The number of rotatable bonds is 6. The van der Waals surface area contributed by atoms with Gasteiger partial charge in [-0.2, -0.15) is 0 Å². The summed E-state index contributed by atoms with van der Waals surface area (Å²) in [7, 11) is 0. The van der Waals surface area contributed by atoms with Crippen LogP contribution in [-0.4, -0.2) is 5.78 Å². The number of benzene rings is 4. The molecular formula is C27H21ClO2. The van der Waals surface area contributed by atoms with Gasteiger partial charge < -0.3 is 4.74 Å². The van der Waals surface area contributed by atoms with Crippen molar-refractivity contribution in [1.82, 2.24) is 0 Å². The van der Waals surface area contributed by atoms with Crippen molar-refractivity contribution in [2.75, 3.05) is 0 Å². The number of ketones is 1. The molecule has 0 fully saturated rings. The summed E-state index contributed by atoms with van der Waals surface area (Å²) in [4.78, 5) is 12.6. The second-order valence-corrected chi connectivity index (χ2v) is 7.61. The topological polar surface area (TPSA) is 26.3 Å². The van der Waals surface area contributed by atoms with E-state index < -0.39 is 0 Å². The molecule has 4 rings (SSSR count). The molecule has 0 saturated heterocycles. The SMILES string of the molecule is Cc1ccc(C(=O)/C=C/c2c(OCc3ccc(Cl)cc3)ccc3ccccc23)cc1. The molecule has 30 heavy (non-hydrogen) atoms. The van der Waals surface area contributed by atoms with Crippen LogP contribution in [-0.2, 0) is 6.61 Å². The number of ether oxygens (including phenoxy) is 1. The summed E-state index contributed by atoms with van der Waals surface area (Å²) >= 11 is 5.97. The van der Waals surface area contributed by atoms with Crippen molar-refractivity contribution in [2.24, 2.45) is 0 Å². The van der Waals surface area contributed by atoms with Gasteiger partial charge in [-0.15, -0.1) is 0 Å². The molecule has 0 aliphatic carbocycles. The van der Waals surface area contributed by atoms with Gasteiger partial charge >= 0.3 is 0 Å². The first kappa shape index (κ1) is 19.9. The average molecular weight is 413 g/mol. The van der Waals surface area contributed by atoms with E-state index in [0.717, 1.165) is 33.2 Å². The molecular weight excluding hydrogens is 392 g/mol. The number of aryl methyl sites for hydroxylation is 1. The summed E-state index contributed by atoms with van der Waals surface area (Å²) < 4.78 is 6.12. The Kier molecular flexibility index (Phi) is 5.97. The fraction of sp³-hybridized carbons (Fsp3) is 0.0741. The molecule has 0 unspecified atom stereocenters. The standard InChI is InChI=1S/C27H21ClO2/c1-19-6-10-22(11-7-19)26(29)16-15-25-24-5-3-2-4-21(24)12-17-27(25)30-18-20-8-13-23(28)14-9-20/h2-17H,18H2,1H3/b16-15+. The Morgan fingerprint density at radius 2 is 1.63 bits per heavy atom. The lowest BCUT2D eigenvalue weighted by Crippen LogP contribution is -1.98. The van der Waals surface area contributed by atoms with Gasteiger partial charge in [0.25, 0.3) is 0 Å². The molecule has 0 atom stereocenters. The summed E-state index contributed by atoms with van der Waals surface area (Å²) in [5.41, 5.74) is 3.71. The highest BCUT2D eigenvalue weighted by Crippen LogP contribution is 2.30. The molecule has 0 radical (unpaired) electrons. The molecule has 4 aromatic rings. The zero-order valence-electron chi connectivity index (χ0n) is 16.6. The van der Waals surface area contributed by atoms with Crippen molar-refractivity contribution in [2.45, 2.75) is 13.5 Å². The first-order valence-electron chi connectivity index (χ1n) is 9.78. The Labute approximate surface area is 181 Å². The van der Waals surface area contributed by atoms with E-state index in [4.69, 9.17) is 16.3 Å². The second-order valence-electron chi connectivity index (χ2n) is 7.18. The summed E-state index contributed by atoms with van der Waals surface area (Å²) in [5, 5.41) is 2.83. The normalized spacial score (nSPS) is 11.1. The number of hydrogen-bond donors (Lipinski definition) is 0. The molecule has 0 aliphatic heterocycles. The van der Waals surface area contributed by atoms with Gasteiger partial charge in [-0.3, -0.25) is 4.79 Å². The summed E-state index contributed by atoms with van der Waals surface area (Å²) in [6.45, 7) is 2.42. The Balaban J connectivity index is 1.65. The van der Waals surface area contributed by atoms with Crippen molar-refractivity contribution in [3.8, 4) is 5.75 Å². The Morgan fingerprint density at radius 1 is 0.900 bits per heavy atom. The van der Waals surface area contributed by atoms with Crippen molar-refractivity contribution in [3.05, 3.63) is 118 Å². The van der Waals surface area contributed by atoms with E-state index in [0.29, 0.717) is 17.2 Å². The van der Waals surface area contributed by atoms with Crippen molar-refractivity contribution < 1.29 is 9.53 Å². The Bertz CT molecular complexity index is 1210. The molecule has 4 aromatic carbocycles. The number of carbonyl (C=O) groups is 1. The Morgan fingerprint density at radius 3 is 2.40 bits per heavy atom. The van der Waals surface area contributed by atoms with Crippen LogP contribution in [0, 0.1) is 6.92 Å². The van der Waals surface area contributed by atoms with E-state index in [1.807, 2.05) is 91.9 Å². The van der Waals surface area contributed by atoms with Crippen LogP contribution < -0.4 is 4.74 Å². The van der Waals surface area contributed by atoms with Crippen LogP contribution in [0.2, 0.25) is 5.02 Å². The lowest BCUT2D eigenvalue weighted by molar-refractivity contribution is 0.104. The fourth-order valence-electron chi connectivity index (χ4n) is 3.29. The van der Waals surface area contributed by atoms with Gasteiger partial charge in [0, 0.05) is 16.1 Å². The first-order valence-corrected chi connectivity index (χ1v) is 10.2. The third kappa shape index (κ3) is 4.61. The van der Waals surface area contributed by atoms with E-state index >= 15 is 0 Å². The van der Waals surface area contributed by atoms with Crippen LogP contribution in [0.15, 0.2) is 91.0 Å². The molecule has 3 heteroatoms. The Hall–Kier alpha value is -3.36. The van der Waals surface area contributed by atoms with E-state index in [1.54, 1.807) is 6.08 Å². The van der Waals surface area contributed by atoms with Crippen molar-refractivity contribution in [3.63, 3.8) is 0 Å². The maximum Gasteiger partial charge on any atom is 0.185 e. The summed E-state index contributed by atoms with van der Waals surface area (Å²) in [5.74, 6) is 0.697. The van der Waals surface area contributed by atoms with Gasteiger partial charge in [0.15, 0.2) is 5.78 Å². The smallest absolute Gasteiger partial charge is 0.185 e. The van der Waals surface area contributed by atoms with Crippen LogP contribution in [0.1, 0.15) is 27.0 Å². The van der Waals surface area contributed by atoms with Gasteiger partial charge in [-0.1, -0.05) is 83.9 Å². The zero-order valence-corrected chi connectivity index (χ0v) is 17.4. The molecule has 0 N–H and O–H groups in total. The molecule has 0 heterocycles. The van der Waals surface area contributed by atoms with Crippen molar-refractivity contribution >= 4 is 34.2 Å². The quantitative estimate of drug-likeness (QED) is 0.246. The van der Waals surface area contributed by atoms with E-state index in [1.165, 1.54) is 0 Å². The molecule has 0 saturated carbocycles. The molecule has 0 bridgehead atoms. The first-order chi connectivity index (χ1) is 14.6. The molecule has 148 valence electrons. The van der Waals surface area contributed by atoms with Crippen molar-refractivity contribution in [1.29, 1.82) is 0 Å². The van der Waals surface area contributed by atoms with Gasteiger partial charge in [-0.25, -0.2) is 0 Å². The van der Waals surface area contributed by atoms with Crippen LogP contribution in [0.5, 0.6) is 5.75 Å². The van der Waals surface area contributed by atoms with E-state index in [-0.39, 0.29) is 5.78 Å². The predicted molar refractivity (Wildman–Crippen MR) is 124 cm³/mol. The second kappa shape index (κ2) is 8.98. The molecule has 0 spiro atoms. The largest absolute Gasteiger partial charge is 0.488 e. The third-order valence-corrected chi connectivity index (χ3v) is 5.23. The molecule has 0 aliphatic rings. The lowest BCUT2D eigenvalue weighted by atomic mass is 10.0. The maximum absolute atomic E-state index is 12.6. The molecule has 0 aromatic heterocycles. The average Bonchev–Trinajstić information content (AvgIpc) is 2.77. The molecule has 2 nitrogen and oxygen atoms in total. The highest BCUT2D eigenvalue weighted by molar-refractivity contribution is 6.30. The zero-order chi connectivity index (χ0) is 20.9. The highest BCUT2D eigenvalue weighted by Gasteiger charge is 2.08.